The van der Waals surface area contributed by atoms with Crippen molar-refractivity contribution >= 4 is 34.6 Å². The molecule has 0 aliphatic carbocycles. The van der Waals surface area contributed by atoms with Crippen molar-refractivity contribution in [3.8, 4) is 11.4 Å². The van der Waals surface area contributed by atoms with E-state index < -0.39 is 0 Å². The van der Waals surface area contributed by atoms with Gasteiger partial charge in [0.25, 0.3) is 0 Å². The second kappa shape index (κ2) is 8.05. The molecule has 0 unspecified atom stereocenters. The molecule has 0 bridgehead atoms. The fourth-order valence-electron chi connectivity index (χ4n) is 3.35. The lowest BCUT2D eigenvalue weighted by Crippen LogP contribution is -2.00. The standard InChI is InChI=1S/C22H20Cl2N6/c1-13-9-15(3)29(27-13)21-11-17(23)5-7-19(21)25-26-20-8-6-18(24)12-22(20)30-16(4)10-14(2)28-30/h5-12H,1-4H3. The highest BCUT2D eigenvalue weighted by Crippen LogP contribution is 2.32. The van der Waals surface area contributed by atoms with Gasteiger partial charge >= 0.3 is 0 Å². The molecule has 0 saturated carbocycles. The van der Waals surface area contributed by atoms with E-state index in [0.29, 0.717) is 21.4 Å². The van der Waals surface area contributed by atoms with E-state index in [4.69, 9.17) is 23.2 Å². The van der Waals surface area contributed by atoms with Gasteiger partial charge in [0.1, 0.15) is 11.4 Å². The first-order valence-corrected chi connectivity index (χ1v) is 10.2. The smallest absolute Gasteiger partial charge is 0.111 e. The van der Waals surface area contributed by atoms with Crippen molar-refractivity contribution in [2.75, 3.05) is 0 Å². The van der Waals surface area contributed by atoms with Crippen LogP contribution in [0.15, 0.2) is 58.8 Å². The molecule has 0 amide bonds. The third-order valence-corrected chi connectivity index (χ3v) is 5.09. The summed E-state index contributed by atoms with van der Waals surface area (Å²) in [6.07, 6.45) is 0. The largest absolute Gasteiger partial charge is 0.236 e. The lowest BCUT2D eigenvalue weighted by molar-refractivity contribution is 0.828. The van der Waals surface area contributed by atoms with E-state index in [1.165, 1.54) is 0 Å². The van der Waals surface area contributed by atoms with Crippen molar-refractivity contribution in [1.82, 2.24) is 19.6 Å². The van der Waals surface area contributed by atoms with E-state index in [1.54, 1.807) is 12.1 Å². The van der Waals surface area contributed by atoms with Gasteiger partial charge in [-0.25, -0.2) is 9.36 Å². The molecule has 0 fully saturated rings. The minimum absolute atomic E-state index is 0.603. The molecule has 0 aliphatic rings. The third kappa shape index (κ3) is 4.01. The average Bonchev–Trinajstić information content (AvgIpc) is 3.21. The summed E-state index contributed by atoms with van der Waals surface area (Å²) in [6.45, 7) is 7.87. The number of azo groups is 1. The number of nitrogens with zero attached hydrogens (tertiary/aromatic N) is 6. The van der Waals surface area contributed by atoms with E-state index >= 15 is 0 Å². The second-order valence-electron chi connectivity index (χ2n) is 7.14. The van der Waals surface area contributed by atoms with Crippen molar-refractivity contribution in [3.63, 3.8) is 0 Å². The van der Waals surface area contributed by atoms with Gasteiger partial charge in [-0.05, 0) is 76.2 Å². The van der Waals surface area contributed by atoms with Gasteiger partial charge in [-0.3, -0.25) is 0 Å². The first-order valence-electron chi connectivity index (χ1n) is 9.40. The fraction of sp³-hybridized carbons (Fsp3) is 0.182. The quantitative estimate of drug-likeness (QED) is 0.321. The Labute approximate surface area is 184 Å². The molecule has 152 valence electrons. The highest BCUT2D eigenvalue weighted by molar-refractivity contribution is 6.31. The van der Waals surface area contributed by atoms with Crippen molar-refractivity contribution in [2.45, 2.75) is 27.7 Å². The molecule has 4 aromatic rings. The summed E-state index contributed by atoms with van der Waals surface area (Å²) in [4.78, 5) is 0. The summed E-state index contributed by atoms with van der Waals surface area (Å²) in [5.74, 6) is 0. The Morgan fingerprint density at radius 1 is 0.633 bits per heavy atom. The zero-order chi connectivity index (χ0) is 21.4. The summed E-state index contributed by atoms with van der Waals surface area (Å²) in [5, 5.41) is 19.3. The molecule has 0 aliphatic heterocycles. The average molecular weight is 439 g/mol. The zero-order valence-corrected chi connectivity index (χ0v) is 18.6. The van der Waals surface area contributed by atoms with Crippen molar-refractivity contribution in [3.05, 3.63) is 81.4 Å². The molecule has 2 heterocycles. The third-order valence-electron chi connectivity index (χ3n) is 4.62. The van der Waals surface area contributed by atoms with Crippen molar-refractivity contribution < 1.29 is 0 Å². The minimum Gasteiger partial charge on any atom is -0.236 e. The Kier molecular flexibility index (Phi) is 5.45. The molecule has 0 spiro atoms. The SMILES string of the molecule is Cc1cc(C)n(-c2cc(Cl)ccc2N=Nc2ccc(Cl)cc2-n2nc(C)cc2C)n1. The summed E-state index contributed by atoms with van der Waals surface area (Å²) in [6, 6.07) is 14.9. The Morgan fingerprint density at radius 3 is 1.37 bits per heavy atom. The van der Waals surface area contributed by atoms with Crippen LogP contribution in [0.3, 0.4) is 0 Å². The first kappa shape index (κ1) is 20.3. The summed E-state index contributed by atoms with van der Waals surface area (Å²) in [7, 11) is 0. The van der Waals surface area contributed by atoms with Crippen molar-refractivity contribution in [1.29, 1.82) is 0 Å². The van der Waals surface area contributed by atoms with Gasteiger partial charge in [-0.1, -0.05) is 23.2 Å². The van der Waals surface area contributed by atoms with Gasteiger partial charge in [0.05, 0.1) is 22.8 Å². The predicted octanol–water partition coefficient (Wildman–Crippen LogP) is 7.01. The molecule has 0 radical (unpaired) electrons. The highest BCUT2D eigenvalue weighted by Gasteiger charge is 2.12. The lowest BCUT2D eigenvalue weighted by Gasteiger charge is -2.10. The Bertz CT molecular complexity index is 1170. The summed E-state index contributed by atoms with van der Waals surface area (Å²) >= 11 is 12.5. The number of benzene rings is 2. The van der Waals surface area contributed by atoms with Crippen LogP contribution in [0.5, 0.6) is 0 Å². The Morgan fingerprint density at radius 2 is 1.03 bits per heavy atom. The molecule has 2 aromatic carbocycles. The fourth-order valence-corrected chi connectivity index (χ4v) is 3.69. The van der Waals surface area contributed by atoms with E-state index in [0.717, 1.165) is 34.2 Å². The van der Waals surface area contributed by atoms with Crippen molar-refractivity contribution in [2.24, 2.45) is 10.2 Å². The van der Waals surface area contributed by atoms with Gasteiger partial charge in [0.2, 0.25) is 0 Å². The van der Waals surface area contributed by atoms with E-state index in [-0.39, 0.29) is 0 Å². The lowest BCUT2D eigenvalue weighted by atomic mass is 10.2. The maximum Gasteiger partial charge on any atom is 0.111 e. The van der Waals surface area contributed by atoms with Gasteiger partial charge in [0, 0.05) is 21.4 Å². The number of rotatable bonds is 4. The summed E-state index contributed by atoms with van der Waals surface area (Å²) in [5.41, 5.74) is 6.64. The highest BCUT2D eigenvalue weighted by atomic mass is 35.5. The van der Waals surface area contributed by atoms with Gasteiger partial charge in [0.15, 0.2) is 0 Å². The molecule has 0 atom stereocenters. The van der Waals surface area contributed by atoms with Crippen LogP contribution in [0.1, 0.15) is 22.8 Å². The van der Waals surface area contributed by atoms with Crippen LogP contribution in [0.4, 0.5) is 11.4 Å². The monoisotopic (exact) mass is 438 g/mol. The van der Waals surface area contributed by atoms with Gasteiger partial charge in [-0.15, -0.1) is 10.2 Å². The van der Waals surface area contributed by atoms with Crippen LogP contribution in [0.25, 0.3) is 11.4 Å². The maximum atomic E-state index is 6.25. The molecule has 8 heteroatoms. The predicted molar refractivity (Wildman–Crippen MR) is 120 cm³/mol. The van der Waals surface area contributed by atoms with Crippen LogP contribution in [-0.4, -0.2) is 19.6 Å². The maximum absolute atomic E-state index is 6.25. The Hall–Kier alpha value is -2.96. The minimum atomic E-state index is 0.603. The Balaban J connectivity index is 1.81. The van der Waals surface area contributed by atoms with Crippen LogP contribution < -0.4 is 0 Å². The van der Waals surface area contributed by atoms with Gasteiger partial charge < -0.3 is 0 Å². The molecular formula is C22H20Cl2N6. The van der Waals surface area contributed by atoms with E-state index in [1.807, 2.05) is 73.5 Å². The number of halogens is 2. The second-order valence-corrected chi connectivity index (χ2v) is 8.02. The molecule has 30 heavy (non-hydrogen) atoms. The van der Waals surface area contributed by atoms with E-state index in [2.05, 4.69) is 20.4 Å². The zero-order valence-electron chi connectivity index (χ0n) is 17.1. The van der Waals surface area contributed by atoms with Gasteiger partial charge in [-0.2, -0.15) is 10.2 Å². The van der Waals surface area contributed by atoms with Crippen LogP contribution in [-0.2, 0) is 0 Å². The molecule has 0 N–H and O–H groups in total. The van der Waals surface area contributed by atoms with Crippen LogP contribution in [0, 0.1) is 27.7 Å². The number of aromatic nitrogens is 4. The molecule has 4 rings (SSSR count). The number of hydrogen-bond donors (Lipinski definition) is 0. The van der Waals surface area contributed by atoms with Crippen LogP contribution >= 0.6 is 23.2 Å². The molecule has 2 aromatic heterocycles. The normalized spacial score (nSPS) is 11.5. The molecule has 6 nitrogen and oxygen atoms in total. The molecule has 0 saturated heterocycles. The number of aryl methyl sites for hydroxylation is 4. The van der Waals surface area contributed by atoms with E-state index in [9.17, 15) is 0 Å². The number of hydrogen-bond acceptors (Lipinski definition) is 4. The molecular weight excluding hydrogens is 419 g/mol. The topological polar surface area (TPSA) is 60.4 Å². The van der Waals surface area contributed by atoms with Crippen LogP contribution in [0.2, 0.25) is 10.0 Å². The summed E-state index contributed by atoms with van der Waals surface area (Å²) < 4.78 is 3.64. The first-order chi connectivity index (χ1) is 14.3.